The van der Waals surface area contributed by atoms with E-state index in [1.807, 2.05) is 80.6 Å². The van der Waals surface area contributed by atoms with Gasteiger partial charge in [-0.25, -0.2) is 9.78 Å². The number of urea groups is 1. The Labute approximate surface area is 229 Å². The first-order valence-electron chi connectivity index (χ1n) is 12.3. The topological polar surface area (TPSA) is 85.7 Å². The zero-order valence-corrected chi connectivity index (χ0v) is 23.0. The number of ether oxygens (including phenoxy) is 2. The van der Waals surface area contributed by atoms with Gasteiger partial charge in [0, 0.05) is 14.2 Å². The van der Waals surface area contributed by atoms with Crippen LogP contribution in [0.25, 0.3) is 11.0 Å². The summed E-state index contributed by atoms with van der Waals surface area (Å²) in [7, 11) is 3.31. The molecule has 0 aliphatic heterocycles. The quantitative estimate of drug-likeness (QED) is 0.310. The molecule has 4 aromatic rings. The number of benzene rings is 3. The van der Waals surface area contributed by atoms with Crippen molar-refractivity contribution in [3.8, 4) is 5.75 Å². The van der Waals surface area contributed by atoms with Gasteiger partial charge in [0.25, 0.3) is 5.56 Å². The van der Waals surface area contributed by atoms with E-state index in [0.717, 1.165) is 11.1 Å². The molecule has 9 heteroatoms. The maximum atomic E-state index is 14.0. The molecular formula is C29H34N4O4S. The molecule has 1 N–H and O–H groups in total. The van der Waals surface area contributed by atoms with E-state index in [1.54, 1.807) is 35.8 Å². The maximum Gasteiger partial charge on any atom is 0.323 e. The Hall–Kier alpha value is -3.82. The molecule has 0 aliphatic carbocycles. The van der Waals surface area contributed by atoms with Gasteiger partial charge in [0.05, 0.1) is 42.0 Å². The largest absolute Gasteiger partial charge is 0.492 e. The summed E-state index contributed by atoms with van der Waals surface area (Å²) in [4.78, 5) is 33.8. The zero-order chi connectivity index (χ0) is 26.4. The lowest BCUT2D eigenvalue weighted by atomic mass is 10.0. The van der Waals surface area contributed by atoms with Crippen molar-refractivity contribution >= 4 is 36.2 Å². The number of aryl methyl sites for hydroxylation is 1. The summed E-state index contributed by atoms with van der Waals surface area (Å²) in [6, 6.07) is 22.8. The second-order valence-corrected chi connectivity index (χ2v) is 8.67. The first-order valence-corrected chi connectivity index (χ1v) is 12.3. The molecule has 0 saturated carbocycles. The number of aromatic nitrogens is 2. The van der Waals surface area contributed by atoms with Crippen LogP contribution >= 0.6 is 13.5 Å². The van der Waals surface area contributed by atoms with Crippen molar-refractivity contribution in [3.63, 3.8) is 0 Å². The molecule has 0 fully saturated rings. The molecule has 0 bridgehead atoms. The number of rotatable bonds is 9. The van der Waals surface area contributed by atoms with Gasteiger partial charge in [-0.1, -0.05) is 54.6 Å². The summed E-state index contributed by atoms with van der Waals surface area (Å²) >= 11 is 0. The van der Waals surface area contributed by atoms with Crippen LogP contribution in [0.3, 0.4) is 0 Å². The van der Waals surface area contributed by atoms with E-state index < -0.39 is 18.1 Å². The number of nitrogens with one attached hydrogen (secondary N) is 1. The van der Waals surface area contributed by atoms with Crippen molar-refractivity contribution in [1.82, 2.24) is 14.5 Å². The third kappa shape index (κ3) is 6.00. The number of para-hydroxylation sites is 4. The van der Waals surface area contributed by atoms with E-state index in [2.05, 4.69) is 5.32 Å². The van der Waals surface area contributed by atoms with Gasteiger partial charge in [0.1, 0.15) is 11.4 Å². The monoisotopic (exact) mass is 534 g/mol. The Kier molecular flexibility index (Phi) is 9.92. The summed E-state index contributed by atoms with van der Waals surface area (Å²) in [5.74, 6) is 0.564. The highest BCUT2D eigenvalue weighted by Gasteiger charge is 2.33. The Morgan fingerprint density at radius 2 is 1.68 bits per heavy atom. The van der Waals surface area contributed by atoms with Crippen LogP contribution in [0.4, 0.5) is 10.5 Å². The van der Waals surface area contributed by atoms with Gasteiger partial charge in [0.2, 0.25) is 0 Å². The number of hydrogen-bond acceptors (Lipinski definition) is 5. The average Bonchev–Trinajstić information content (AvgIpc) is 2.92. The van der Waals surface area contributed by atoms with Crippen LogP contribution in [0.2, 0.25) is 0 Å². The van der Waals surface area contributed by atoms with Gasteiger partial charge in [-0.15, -0.1) is 0 Å². The molecule has 8 nitrogen and oxygen atoms in total. The molecule has 0 spiro atoms. The van der Waals surface area contributed by atoms with Crippen LogP contribution < -0.4 is 15.6 Å². The highest BCUT2D eigenvalue weighted by atomic mass is 32.1. The van der Waals surface area contributed by atoms with Crippen LogP contribution in [0.15, 0.2) is 83.7 Å². The molecule has 0 aliphatic rings. The summed E-state index contributed by atoms with van der Waals surface area (Å²) in [6.07, 6.45) is 0. The molecule has 3 aromatic carbocycles. The summed E-state index contributed by atoms with van der Waals surface area (Å²) in [6.45, 7) is 4.39. The van der Waals surface area contributed by atoms with Gasteiger partial charge < -0.3 is 24.3 Å². The van der Waals surface area contributed by atoms with Gasteiger partial charge in [-0.05, 0) is 43.7 Å². The van der Waals surface area contributed by atoms with Crippen LogP contribution in [0.5, 0.6) is 5.75 Å². The minimum Gasteiger partial charge on any atom is -0.492 e. The van der Waals surface area contributed by atoms with E-state index in [9.17, 15) is 9.59 Å². The third-order valence-corrected chi connectivity index (χ3v) is 6.33. The number of fused-ring (bicyclic) bond motifs is 1. The number of methoxy groups -OCH3 is 1. The van der Waals surface area contributed by atoms with Crippen molar-refractivity contribution in [3.05, 3.63) is 100 Å². The number of amides is 2. The molecule has 2 atom stereocenters. The van der Waals surface area contributed by atoms with Crippen molar-refractivity contribution < 1.29 is 14.3 Å². The van der Waals surface area contributed by atoms with E-state index in [4.69, 9.17) is 14.5 Å². The third-order valence-electron chi connectivity index (χ3n) is 6.33. The van der Waals surface area contributed by atoms with Gasteiger partial charge in [-0.2, -0.15) is 13.5 Å². The lowest BCUT2D eigenvalue weighted by Crippen LogP contribution is -2.44. The Morgan fingerprint density at radius 3 is 2.39 bits per heavy atom. The molecule has 1 aromatic heterocycles. The first-order chi connectivity index (χ1) is 18.0. The van der Waals surface area contributed by atoms with E-state index in [1.165, 1.54) is 0 Å². The Morgan fingerprint density at radius 1 is 1.03 bits per heavy atom. The highest BCUT2D eigenvalue weighted by Crippen LogP contribution is 2.32. The molecule has 2 amide bonds. The lowest BCUT2D eigenvalue weighted by Gasteiger charge is -2.36. The lowest BCUT2D eigenvalue weighted by molar-refractivity contribution is 0.0885. The minimum absolute atomic E-state index is 0. The summed E-state index contributed by atoms with van der Waals surface area (Å²) in [5.41, 5.74) is 2.82. The Bertz CT molecular complexity index is 1430. The van der Waals surface area contributed by atoms with Crippen LogP contribution in [0, 0.1) is 0 Å². The molecule has 0 radical (unpaired) electrons. The molecule has 1 heterocycles. The highest BCUT2D eigenvalue weighted by molar-refractivity contribution is 7.59. The summed E-state index contributed by atoms with van der Waals surface area (Å²) < 4.78 is 12.8. The van der Waals surface area contributed by atoms with Crippen molar-refractivity contribution in [2.45, 2.75) is 25.9 Å². The minimum atomic E-state index is -0.678. The van der Waals surface area contributed by atoms with Crippen molar-refractivity contribution in [2.24, 2.45) is 7.05 Å². The number of carbonyl (C=O) groups excluding carboxylic acids is 1. The molecule has 38 heavy (non-hydrogen) atoms. The average molecular weight is 535 g/mol. The van der Waals surface area contributed by atoms with Crippen LogP contribution in [-0.4, -0.2) is 40.8 Å². The normalized spacial score (nSPS) is 12.3. The smallest absolute Gasteiger partial charge is 0.323 e. The molecule has 0 saturated heterocycles. The van der Waals surface area contributed by atoms with Gasteiger partial charge in [-0.3, -0.25) is 4.79 Å². The predicted octanol–water partition coefficient (Wildman–Crippen LogP) is 5.43. The Balaban J connectivity index is 0.00000400. The SMILES string of the molecule is CCOc1ccccc1NC(=O)N(C(C)c1nc2ccccc2n(C)c1=O)[C@H](COC)c1ccccc1.S. The first kappa shape index (κ1) is 28.7. The molecule has 1 unspecified atom stereocenters. The summed E-state index contributed by atoms with van der Waals surface area (Å²) in [5, 5.41) is 3.00. The predicted molar refractivity (Wildman–Crippen MR) is 155 cm³/mol. The van der Waals surface area contributed by atoms with E-state index in [-0.39, 0.29) is 31.4 Å². The fourth-order valence-electron chi connectivity index (χ4n) is 4.49. The van der Waals surface area contributed by atoms with Crippen molar-refractivity contribution in [2.75, 3.05) is 25.6 Å². The number of carbonyl (C=O) groups is 1. The van der Waals surface area contributed by atoms with Gasteiger partial charge in [0.15, 0.2) is 0 Å². The van der Waals surface area contributed by atoms with Gasteiger partial charge >= 0.3 is 6.03 Å². The van der Waals surface area contributed by atoms with E-state index in [0.29, 0.717) is 23.6 Å². The second-order valence-electron chi connectivity index (χ2n) is 8.67. The van der Waals surface area contributed by atoms with Crippen molar-refractivity contribution in [1.29, 1.82) is 0 Å². The fraction of sp³-hybridized carbons (Fsp3) is 0.276. The maximum absolute atomic E-state index is 14.0. The number of hydrogen-bond donors (Lipinski definition) is 1. The number of nitrogens with zero attached hydrogens (tertiary/aromatic N) is 3. The fourth-order valence-corrected chi connectivity index (χ4v) is 4.49. The molecular weight excluding hydrogens is 500 g/mol. The standard InChI is InChI=1S/C29H32N4O4.H2S/c1-5-37-26-18-12-10-16-23(26)31-29(35)33(25(19-36-4)21-13-7-6-8-14-21)20(2)27-28(34)32(3)24-17-11-9-15-22(24)30-27;/h6-18,20,25H,5,19H2,1-4H3,(H,31,35);1H2/t20?,25-;/m1./s1. The van der Waals surface area contributed by atoms with Crippen LogP contribution in [0.1, 0.15) is 37.2 Å². The number of anilines is 1. The second kappa shape index (κ2) is 13.1. The molecule has 200 valence electrons. The molecule has 4 rings (SSSR count). The van der Waals surface area contributed by atoms with E-state index >= 15 is 0 Å². The van der Waals surface area contributed by atoms with Crippen LogP contribution in [-0.2, 0) is 11.8 Å². The zero-order valence-electron chi connectivity index (χ0n) is 22.0.